The molecule has 1 aliphatic rings. The van der Waals surface area contributed by atoms with Gasteiger partial charge < -0.3 is 29.4 Å². The molecule has 0 aromatic carbocycles. The van der Waals surface area contributed by atoms with E-state index in [1.54, 1.807) is 33.0 Å². The van der Waals surface area contributed by atoms with Gasteiger partial charge in [-0.1, -0.05) is 0 Å². The zero-order valence-corrected chi connectivity index (χ0v) is 18.0. The summed E-state index contributed by atoms with van der Waals surface area (Å²) in [5, 5.41) is 13.8. The van der Waals surface area contributed by atoms with Crippen molar-refractivity contribution < 1.29 is 28.8 Å². The van der Waals surface area contributed by atoms with Crippen molar-refractivity contribution in [3.8, 4) is 5.75 Å². The summed E-state index contributed by atoms with van der Waals surface area (Å²) in [4.78, 5) is 16.4. The number of aliphatic hydroxyl groups excluding tert-OH is 1. The summed E-state index contributed by atoms with van der Waals surface area (Å²) in [7, 11) is 0. The fraction of sp³-hybridized carbons (Fsp3) is 0.714. The van der Waals surface area contributed by atoms with Crippen molar-refractivity contribution in [2.24, 2.45) is 0 Å². The van der Waals surface area contributed by atoms with E-state index < -0.39 is 23.8 Å². The molecule has 3 atom stereocenters. The van der Waals surface area contributed by atoms with Crippen molar-refractivity contribution in [3.05, 3.63) is 24.0 Å². The summed E-state index contributed by atoms with van der Waals surface area (Å²) in [5.74, 6) is 0.507. The van der Waals surface area contributed by atoms with Gasteiger partial charge >= 0.3 is 6.09 Å². The molecule has 29 heavy (non-hydrogen) atoms. The SMILES string of the molecule is CC(C)Oc1ccncc1C(O)[C@@H](COC1CCCCO1)NC(=O)OC(C)(C)C. The Labute approximate surface area is 172 Å². The number of aliphatic hydroxyl groups is 1. The van der Waals surface area contributed by atoms with Gasteiger partial charge in [-0.2, -0.15) is 0 Å². The zero-order chi connectivity index (χ0) is 21.4. The molecule has 0 bridgehead atoms. The molecule has 1 amide bonds. The summed E-state index contributed by atoms with van der Waals surface area (Å²) in [6, 6.07) is 0.919. The second-order valence-electron chi connectivity index (χ2n) is 8.41. The van der Waals surface area contributed by atoms with Gasteiger partial charge in [0, 0.05) is 24.6 Å². The van der Waals surface area contributed by atoms with Gasteiger partial charge in [0.25, 0.3) is 0 Å². The number of pyridine rings is 1. The standard InChI is InChI=1S/C21H34N2O6/c1-14(2)28-17-9-10-22-12-15(17)19(24)16(23-20(25)29-21(3,4)5)13-27-18-8-6-7-11-26-18/h9-10,12,14,16,18-19,24H,6-8,11,13H2,1-5H3,(H,23,25)/t16-,18?,19?/m1/s1. The van der Waals surface area contributed by atoms with E-state index in [9.17, 15) is 9.90 Å². The Kier molecular flexibility index (Phi) is 8.67. The van der Waals surface area contributed by atoms with Crippen LogP contribution in [0.1, 0.15) is 65.5 Å². The van der Waals surface area contributed by atoms with Crippen LogP contribution in [0.15, 0.2) is 18.5 Å². The summed E-state index contributed by atoms with van der Waals surface area (Å²) in [6.07, 6.45) is 3.77. The molecule has 0 radical (unpaired) electrons. The lowest BCUT2D eigenvalue weighted by molar-refractivity contribution is -0.169. The molecule has 0 spiro atoms. The average molecular weight is 411 g/mol. The molecule has 2 N–H and O–H groups in total. The van der Waals surface area contributed by atoms with Crippen LogP contribution in [0.5, 0.6) is 5.75 Å². The lowest BCUT2D eigenvalue weighted by atomic mass is 10.0. The second kappa shape index (κ2) is 10.8. The Hall–Kier alpha value is -1.90. The van der Waals surface area contributed by atoms with Crippen molar-refractivity contribution in [2.45, 2.75) is 84.0 Å². The van der Waals surface area contributed by atoms with E-state index in [4.69, 9.17) is 18.9 Å². The number of nitrogens with zero attached hydrogens (tertiary/aromatic N) is 1. The minimum Gasteiger partial charge on any atom is -0.491 e. The minimum atomic E-state index is -1.10. The second-order valence-corrected chi connectivity index (χ2v) is 8.41. The number of alkyl carbamates (subject to hydrolysis) is 1. The van der Waals surface area contributed by atoms with E-state index in [-0.39, 0.29) is 19.0 Å². The highest BCUT2D eigenvalue weighted by atomic mass is 16.7. The largest absolute Gasteiger partial charge is 0.491 e. The molecule has 1 aliphatic heterocycles. The van der Waals surface area contributed by atoms with Crippen molar-refractivity contribution in [2.75, 3.05) is 13.2 Å². The first kappa shape index (κ1) is 23.4. The maximum absolute atomic E-state index is 12.3. The molecule has 164 valence electrons. The molecule has 2 heterocycles. The number of nitrogens with one attached hydrogen (secondary N) is 1. The van der Waals surface area contributed by atoms with Gasteiger partial charge in [0.1, 0.15) is 17.5 Å². The fourth-order valence-electron chi connectivity index (χ4n) is 2.92. The first-order chi connectivity index (χ1) is 13.7. The van der Waals surface area contributed by atoms with Gasteiger partial charge in [-0.25, -0.2) is 4.79 Å². The van der Waals surface area contributed by atoms with E-state index in [0.717, 1.165) is 19.3 Å². The van der Waals surface area contributed by atoms with Gasteiger partial charge in [0.2, 0.25) is 0 Å². The molecule has 1 aromatic rings. The van der Waals surface area contributed by atoms with Crippen LogP contribution < -0.4 is 10.1 Å². The highest BCUT2D eigenvalue weighted by molar-refractivity contribution is 5.68. The number of carbonyl (C=O) groups excluding carboxylic acids is 1. The van der Waals surface area contributed by atoms with E-state index in [0.29, 0.717) is 17.9 Å². The third-order valence-corrected chi connectivity index (χ3v) is 4.17. The van der Waals surface area contributed by atoms with Crippen LogP contribution in [0, 0.1) is 0 Å². The van der Waals surface area contributed by atoms with Crippen LogP contribution in [0.4, 0.5) is 4.79 Å². The zero-order valence-electron chi connectivity index (χ0n) is 18.0. The predicted octanol–water partition coefficient (Wildman–Crippen LogP) is 3.34. The van der Waals surface area contributed by atoms with Crippen molar-refractivity contribution in [1.29, 1.82) is 0 Å². The van der Waals surface area contributed by atoms with Crippen LogP contribution in [0.3, 0.4) is 0 Å². The molecule has 1 fully saturated rings. The first-order valence-corrected chi connectivity index (χ1v) is 10.2. The van der Waals surface area contributed by atoms with E-state index >= 15 is 0 Å². The number of carbonyl (C=O) groups is 1. The number of amides is 1. The maximum atomic E-state index is 12.3. The van der Waals surface area contributed by atoms with E-state index in [2.05, 4.69) is 10.3 Å². The predicted molar refractivity (Wildman–Crippen MR) is 108 cm³/mol. The number of aromatic nitrogens is 1. The monoisotopic (exact) mass is 410 g/mol. The number of hydrogen-bond donors (Lipinski definition) is 2. The molecule has 0 aliphatic carbocycles. The lowest BCUT2D eigenvalue weighted by Gasteiger charge is -2.30. The Morgan fingerprint density at radius 2 is 2.14 bits per heavy atom. The van der Waals surface area contributed by atoms with E-state index in [1.165, 1.54) is 6.20 Å². The average Bonchev–Trinajstić information content (AvgIpc) is 2.64. The molecular weight excluding hydrogens is 376 g/mol. The Morgan fingerprint density at radius 3 is 2.76 bits per heavy atom. The molecule has 1 saturated heterocycles. The normalized spacial score (nSPS) is 19.5. The molecule has 1 aromatic heterocycles. The van der Waals surface area contributed by atoms with Crippen molar-refractivity contribution in [1.82, 2.24) is 10.3 Å². The van der Waals surface area contributed by atoms with Gasteiger partial charge in [-0.05, 0) is 59.9 Å². The Balaban J connectivity index is 2.15. The van der Waals surface area contributed by atoms with Gasteiger partial charge in [-0.3, -0.25) is 4.98 Å². The van der Waals surface area contributed by atoms with Crippen LogP contribution in [0.25, 0.3) is 0 Å². The molecule has 8 heteroatoms. The molecule has 0 saturated carbocycles. The van der Waals surface area contributed by atoms with Gasteiger partial charge in [-0.15, -0.1) is 0 Å². The first-order valence-electron chi connectivity index (χ1n) is 10.2. The molecule has 2 rings (SSSR count). The molecule has 2 unspecified atom stereocenters. The fourth-order valence-corrected chi connectivity index (χ4v) is 2.92. The van der Waals surface area contributed by atoms with Gasteiger partial charge in [0.15, 0.2) is 6.29 Å². The molecular formula is C21H34N2O6. The topological polar surface area (TPSA) is 99.1 Å². The summed E-state index contributed by atoms with van der Waals surface area (Å²) in [5.41, 5.74) is -0.192. The van der Waals surface area contributed by atoms with Crippen molar-refractivity contribution >= 4 is 6.09 Å². The van der Waals surface area contributed by atoms with Crippen molar-refractivity contribution in [3.63, 3.8) is 0 Å². The van der Waals surface area contributed by atoms with Crippen LogP contribution in [-0.2, 0) is 14.2 Å². The summed E-state index contributed by atoms with van der Waals surface area (Å²) in [6.45, 7) is 9.83. The lowest BCUT2D eigenvalue weighted by Crippen LogP contribution is -2.46. The number of rotatable bonds is 8. The summed E-state index contributed by atoms with van der Waals surface area (Å²) >= 11 is 0. The highest BCUT2D eigenvalue weighted by Crippen LogP contribution is 2.28. The number of ether oxygens (including phenoxy) is 4. The molecule has 8 nitrogen and oxygen atoms in total. The third-order valence-electron chi connectivity index (χ3n) is 4.17. The smallest absolute Gasteiger partial charge is 0.408 e. The quantitative estimate of drug-likeness (QED) is 0.678. The van der Waals surface area contributed by atoms with Crippen LogP contribution in [-0.4, -0.2) is 53.4 Å². The van der Waals surface area contributed by atoms with Crippen LogP contribution >= 0.6 is 0 Å². The summed E-state index contributed by atoms with van der Waals surface area (Å²) < 4.78 is 22.6. The van der Waals surface area contributed by atoms with Gasteiger partial charge in [0.05, 0.1) is 18.8 Å². The number of hydrogen-bond acceptors (Lipinski definition) is 7. The Morgan fingerprint density at radius 1 is 1.38 bits per heavy atom. The minimum absolute atomic E-state index is 0.0566. The van der Waals surface area contributed by atoms with E-state index in [1.807, 2.05) is 13.8 Å². The Bertz CT molecular complexity index is 640. The van der Waals surface area contributed by atoms with Crippen LogP contribution in [0.2, 0.25) is 0 Å². The highest BCUT2D eigenvalue weighted by Gasteiger charge is 2.29. The third kappa shape index (κ3) is 8.16. The maximum Gasteiger partial charge on any atom is 0.408 e.